The molecule has 1 aliphatic heterocycles. The number of rotatable bonds is 11. The zero-order valence-electron chi connectivity index (χ0n) is 24.2. The van der Waals surface area contributed by atoms with Gasteiger partial charge in [0, 0.05) is 62.6 Å². The van der Waals surface area contributed by atoms with Crippen LogP contribution in [0.1, 0.15) is 63.4 Å². The number of urea groups is 1. The van der Waals surface area contributed by atoms with E-state index in [-0.39, 0.29) is 24.7 Å². The van der Waals surface area contributed by atoms with E-state index in [1.54, 1.807) is 7.05 Å². The molecule has 1 aromatic rings. The molecule has 1 heterocycles. The summed E-state index contributed by atoms with van der Waals surface area (Å²) in [5.74, 6) is 0.509. The molecule has 224 valence electrons. The van der Waals surface area contributed by atoms with Gasteiger partial charge in [-0.15, -0.1) is 0 Å². The first-order chi connectivity index (χ1) is 19.2. The second kappa shape index (κ2) is 15.8. The van der Waals surface area contributed by atoms with Crippen LogP contribution in [0.5, 0.6) is 0 Å². The summed E-state index contributed by atoms with van der Waals surface area (Å²) < 4.78 is 4.68. The number of carbonyl (C=O) groups is 3. The maximum Gasteiger partial charge on any atom is 0.407 e. The van der Waals surface area contributed by atoms with E-state index in [1.165, 1.54) is 31.3 Å². The summed E-state index contributed by atoms with van der Waals surface area (Å²) in [6, 6.07) is 5.55. The first-order valence-corrected chi connectivity index (χ1v) is 14.9. The molecule has 1 saturated carbocycles. The van der Waals surface area contributed by atoms with Crippen LogP contribution in [0.15, 0.2) is 18.2 Å². The van der Waals surface area contributed by atoms with E-state index in [0.29, 0.717) is 43.5 Å². The van der Waals surface area contributed by atoms with Gasteiger partial charge < -0.3 is 35.2 Å². The Morgan fingerprint density at radius 3 is 2.62 bits per heavy atom. The third kappa shape index (κ3) is 9.64. The van der Waals surface area contributed by atoms with Crippen molar-refractivity contribution in [3.63, 3.8) is 0 Å². The number of amides is 4. The highest BCUT2D eigenvalue weighted by atomic mass is 35.5. The van der Waals surface area contributed by atoms with Crippen LogP contribution in [0, 0.1) is 12.8 Å². The van der Waals surface area contributed by atoms with Gasteiger partial charge in [0.05, 0.1) is 7.11 Å². The van der Waals surface area contributed by atoms with Crippen molar-refractivity contribution in [1.82, 2.24) is 20.4 Å². The van der Waals surface area contributed by atoms with E-state index in [0.717, 1.165) is 43.4 Å². The van der Waals surface area contributed by atoms with Gasteiger partial charge in [0.1, 0.15) is 0 Å². The van der Waals surface area contributed by atoms with E-state index < -0.39 is 12.2 Å². The van der Waals surface area contributed by atoms with Crippen LogP contribution in [0.4, 0.5) is 20.1 Å². The number of ether oxygens (including phenoxy) is 1. The van der Waals surface area contributed by atoms with Crippen molar-refractivity contribution in [2.24, 2.45) is 5.92 Å². The number of aryl methyl sites for hydroxylation is 1. The van der Waals surface area contributed by atoms with Gasteiger partial charge in [-0.3, -0.25) is 0 Å². The van der Waals surface area contributed by atoms with Crippen molar-refractivity contribution < 1.29 is 24.2 Å². The molecule has 3 rings (SSSR count). The van der Waals surface area contributed by atoms with Gasteiger partial charge in [-0.2, -0.15) is 0 Å². The molecular formula is C29H46ClN5O5. The molecule has 0 aromatic heterocycles. The number of anilines is 1. The van der Waals surface area contributed by atoms with Crippen LogP contribution >= 0.6 is 11.6 Å². The van der Waals surface area contributed by atoms with Crippen molar-refractivity contribution >= 4 is 35.5 Å². The summed E-state index contributed by atoms with van der Waals surface area (Å²) >= 11 is 6.38. The third-order valence-electron chi connectivity index (χ3n) is 8.13. The standard InChI is InChI=1S/C29H46ClN5O5/c1-21-12-13-23(30)18-26(21)35(16-8-14-31-28(37)40-3)25-11-7-15-34(20-25)27(36)32-24(19-33(2)29(38)39)17-22-9-5-4-6-10-22/h12-13,18,22,24-25H,4-11,14-17,19-20H2,1-3H3,(H,31,37)(H,32,36)(H,38,39). The lowest BCUT2D eigenvalue weighted by Gasteiger charge is -2.42. The summed E-state index contributed by atoms with van der Waals surface area (Å²) in [5.41, 5.74) is 2.12. The maximum absolute atomic E-state index is 13.5. The Balaban J connectivity index is 1.70. The first kappa shape index (κ1) is 31.6. The van der Waals surface area contributed by atoms with Crippen molar-refractivity contribution in [3.8, 4) is 0 Å². The van der Waals surface area contributed by atoms with Gasteiger partial charge >= 0.3 is 18.2 Å². The van der Waals surface area contributed by atoms with Crippen LogP contribution in [0.3, 0.4) is 0 Å². The molecule has 2 aliphatic rings. The van der Waals surface area contributed by atoms with Gasteiger partial charge in [-0.1, -0.05) is 49.8 Å². The molecule has 0 spiro atoms. The lowest BCUT2D eigenvalue weighted by Crippen LogP contribution is -2.55. The molecule has 2 fully saturated rings. The third-order valence-corrected chi connectivity index (χ3v) is 8.36. The predicted octanol–water partition coefficient (Wildman–Crippen LogP) is 5.32. The highest BCUT2D eigenvalue weighted by molar-refractivity contribution is 6.30. The fraction of sp³-hybridized carbons (Fsp3) is 0.690. The summed E-state index contributed by atoms with van der Waals surface area (Å²) in [6.07, 6.45) is 7.74. The smallest absolute Gasteiger partial charge is 0.407 e. The molecule has 11 heteroatoms. The number of methoxy groups -OCH3 is 1. The number of nitrogens with one attached hydrogen (secondary N) is 2. The topological polar surface area (TPSA) is 114 Å². The SMILES string of the molecule is COC(=O)NCCCN(c1cc(Cl)ccc1C)C1CCCN(C(=O)NC(CC2CCCCC2)CN(C)C(=O)O)C1. The molecule has 0 radical (unpaired) electrons. The molecule has 1 aliphatic carbocycles. The van der Waals surface area contributed by atoms with Crippen LogP contribution in [0.2, 0.25) is 5.02 Å². The molecule has 3 N–H and O–H groups in total. The number of carbonyl (C=O) groups excluding carboxylic acids is 2. The normalized spacial score (nSPS) is 18.5. The largest absolute Gasteiger partial charge is 0.465 e. The average molecular weight is 580 g/mol. The van der Waals surface area contributed by atoms with Crippen molar-refractivity contribution in [2.45, 2.75) is 76.8 Å². The number of hydrogen-bond donors (Lipinski definition) is 3. The summed E-state index contributed by atoms with van der Waals surface area (Å²) in [4.78, 5) is 42.0. The number of likely N-dealkylation sites (tertiary alicyclic amines) is 1. The quantitative estimate of drug-likeness (QED) is 0.306. The van der Waals surface area contributed by atoms with E-state index in [1.807, 2.05) is 30.0 Å². The lowest BCUT2D eigenvalue weighted by molar-refractivity contribution is 0.142. The minimum absolute atomic E-state index is 0.0771. The van der Waals surface area contributed by atoms with Crippen molar-refractivity contribution in [2.75, 3.05) is 51.8 Å². The summed E-state index contributed by atoms with van der Waals surface area (Å²) in [6.45, 7) is 4.68. The zero-order chi connectivity index (χ0) is 29.1. The molecule has 4 amide bonds. The van der Waals surface area contributed by atoms with Crippen LogP contribution in [-0.2, 0) is 4.74 Å². The van der Waals surface area contributed by atoms with E-state index >= 15 is 0 Å². The number of piperidine rings is 1. The highest BCUT2D eigenvalue weighted by Gasteiger charge is 2.31. The molecular weight excluding hydrogens is 534 g/mol. The first-order valence-electron chi connectivity index (χ1n) is 14.5. The lowest BCUT2D eigenvalue weighted by atomic mass is 9.84. The van der Waals surface area contributed by atoms with Gasteiger partial charge in [0.2, 0.25) is 0 Å². The highest BCUT2D eigenvalue weighted by Crippen LogP contribution is 2.30. The van der Waals surface area contributed by atoms with Crippen molar-refractivity contribution in [3.05, 3.63) is 28.8 Å². The molecule has 2 atom stereocenters. The molecule has 2 unspecified atom stereocenters. The van der Waals surface area contributed by atoms with Gasteiger partial charge in [-0.05, 0) is 56.2 Å². The van der Waals surface area contributed by atoms with Crippen molar-refractivity contribution in [1.29, 1.82) is 0 Å². The molecule has 10 nitrogen and oxygen atoms in total. The Morgan fingerprint density at radius 2 is 1.93 bits per heavy atom. The number of alkyl carbamates (subject to hydrolysis) is 1. The van der Waals surface area contributed by atoms with E-state index in [2.05, 4.69) is 20.3 Å². The van der Waals surface area contributed by atoms with Gasteiger partial charge in [-0.25, -0.2) is 14.4 Å². The number of carboxylic acid groups (broad SMARTS) is 1. The second-order valence-corrected chi connectivity index (χ2v) is 11.6. The molecule has 1 aromatic carbocycles. The maximum atomic E-state index is 13.5. The fourth-order valence-corrected chi connectivity index (χ4v) is 6.14. The average Bonchev–Trinajstić information content (AvgIpc) is 2.94. The Kier molecular flexibility index (Phi) is 12.5. The number of nitrogens with zero attached hydrogens (tertiary/aromatic N) is 3. The number of halogens is 1. The predicted molar refractivity (Wildman–Crippen MR) is 157 cm³/mol. The minimum atomic E-state index is -0.991. The Labute approximate surface area is 243 Å². The Bertz CT molecular complexity index is 990. The fourth-order valence-electron chi connectivity index (χ4n) is 5.98. The summed E-state index contributed by atoms with van der Waals surface area (Å²) in [7, 11) is 2.90. The van der Waals surface area contributed by atoms with Crippen LogP contribution in [-0.4, -0.2) is 92.1 Å². The van der Waals surface area contributed by atoms with Gasteiger partial charge in [0.25, 0.3) is 0 Å². The van der Waals surface area contributed by atoms with Gasteiger partial charge in [0.15, 0.2) is 0 Å². The molecule has 0 bridgehead atoms. The van der Waals surface area contributed by atoms with E-state index in [9.17, 15) is 19.5 Å². The Hall–Kier alpha value is -2.88. The van der Waals surface area contributed by atoms with E-state index in [4.69, 9.17) is 11.6 Å². The molecule has 40 heavy (non-hydrogen) atoms. The summed E-state index contributed by atoms with van der Waals surface area (Å²) in [5, 5.41) is 16.0. The molecule has 1 saturated heterocycles. The minimum Gasteiger partial charge on any atom is -0.465 e. The second-order valence-electron chi connectivity index (χ2n) is 11.2. The van der Waals surface area contributed by atoms with Crippen LogP contribution < -0.4 is 15.5 Å². The number of likely N-dealkylation sites (N-methyl/N-ethyl adjacent to an activating group) is 1. The number of benzene rings is 1. The monoisotopic (exact) mass is 579 g/mol. The Morgan fingerprint density at radius 1 is 1.18 bits per heavy atom. The van der Waals surface area contributed by atoms with Crippen LogP contribution in [0.25, 0.3) is 0 Å². The zero-order valence-corrected chi connectivity index (χ0v) is 24.9. The number of hydrogen-bond acceptors (Lipinski definition) is 5.